The van der Waals surface area contributed by atoms with Crippen molar-refractivity contribution in [3.8, 4) is 0 Å². The summed E-state index contributed by atoms with van der Waals surface area (Å²) in [5.74, 6) is 0. The molecule has 0 aliphatic carbocycles. The molecule has 7 aromatic carbocycles. The maximum Gasteiger partial charge on any atom is 0.0412 e. The van der Waals surface area contributed by atoms with Crippen molar-refractivity contribution in [3.05, 3.63) is 82.8 Å². The Morgan fingerprint density at radius 1 is 0.357 bits per heavy atom. The van der Waals surface area contributed by atoms with Crippen LogP contribution in [0.5, 0.6) is 0 Å². The first-order valence-corrected chi connectivity index (χ1v) is 10.1. The summed E-state index contributed by atoms with van der Waals surface area (Å²) in [6.07, 6.45) is 0. The van der Waals surface area contributed by atoms with E-state index in [2.05, 4.69) is 60.7 Å². The number of fused-ring (bicyclic) bond motifs is 8. The van der Waals surface area contributed by atoms with Gasteiger partial charge in [-0.15, -0.1) is 0 Å². The predicted octanol–water partition coefficient (Wildman–Crippen LogP) is 8.79. The Labute approximate surface area is 170 Å². The second-order valence-corrected chi connectivity index (χ2v) is 8.46. The van der Waals surface area contributed by atoms with Crippen LogP contribution in [0.25, 0.3) is 64.6 Å². The summed E-state index contributed by atoms with van der Waals surface area (Å²) < 4.78 is 0. The van der Waals surface area contributed by atoms with Crippen molar-refractivity contribution >= 4 is 87.8 Å². The van der Waals surface area contributed by atoms with E-state index < -0.39 is 0 Å². The zero-order chi connectivity index (χ0) is 18.6. The highest BCUT2D eigenvalue weighted by Gasteiger charge is 2.21. The van der Waals surface area contributed by atoms with Crippen LogP contribution < -0.4 is 0 Å². The van der Waals surface area contributed by atoms with Crippen molar-refractivity contribution in [1.29, 1.82) is 0 Å². The van der Waals surface area contributed by atoms with Gasteiger partial charge in [0, 0.05) is 10.0 Å². The molecular weight excluding hydrogens is 383 g/mol. The lowest BCUT2D eigenvalue weighted by Crippen LogP contribution is -1.79. The van der Waals surface area contributed by atoms with E-state index in [4.69, 9.17) is 23.2 Å². The van der Waals surface area contributed by atoms with E-state index in [-0.39, 0.29) is 0 Å². The second-order valence-electron chi connectivity index (χ2n) is 7.59. The molecule has 0 saturated heterocycles. The second kappa shape index (κ2) is 4.97. The predicted molar refractivity (Wildman–Crippen MR) is 124 cm³/mol. The SMILES string of the molecule is Clc1ccc2c(c1)c1cccc3c1c2c1cccc2c4cc(Cl)ccc4c3c21. The Balaban J connectivity index is 1.95. The molecular formula is C26H12Cl2. The van der Waals surface area contributed by atoms with Crippen LogP contribution in [-0.4, -0.2) is 0 Å². The van der Waals surface area contributed by atoms with Gasteiger partial charge in [-0.05, 0) is 88.9 Å². The van der Waals surface area contributed by atoms with Gasteiger partial charge in [-0.2, -0.15) is 0 Å². The largest absolute Gasteiger partial charge is 0.0843 e. The molecule has 7 aromatic rings. The van der Waals surface area contributed by atoms with Gasteiger partial charge in [0.1, 0.15) is 0 Å². The lowest BCUT2D eigenvalue weighted by molar-refractivity contribution is 1.84. The standard InChI is InChI=1S/C26H12Cl2/c27-13-7-9-17-21(11-13)15-3-1-5-19-23(15)26(17)20-6-2-4-16-22-12-14(28)8-10-18(22)25(19)24(16)20/h1-12H. The third-order valence-corrected chi connectivity index (χ3v) is 6.72. The molecule has 0 aliphatic rings. The van der Waals surface area contributed by atoms with E-state index in [1.165, 1.54) is 64.6 Å². The molecule has 0 aromatic heterocycles. The lowest BCUT2D eigenvalue weighted by Gasteiger charge is -2.07. The molecule has 7 rings (SSSR count). The zero-order valence-corrected chi connectivity index (χ0v) is 16.2. The summed E-state index contributed by atoms with van der Waals surface area (Å²) in [6, 6.07) is 25.8. The number of benzene rings is 5. The van der Waals surface area contributed by atoms with Gasteiger partial charge in [0.25, 0.3) is 0 Å². The Morgan fingerprint density at radius 2 is 0.714 bits per heavy atom. The highest BCUT2D eigenvalue weighted by molar-refractivity contribution is 6.48. The molecule has 28 heavy (non-hydrogen) atoms. The molecule has 0 bridgehead atoms. The highest BCUT2D eigenvalue weighted by Crippen LogP contribution is 2.50. The zero-order valence-electron chi connectivity index (χ0n) is 14.7. The topological polar surface area (TPSA) is 0 Å². The maximum atomic E-state index is 6.36. The van der Waals surface area contributed by atoms with Gasteiger partial charge in [-0.1, -0.05) is 71.7 Å². The highest BCUT2D eigenvalue weighted by atomic mass is 35.5. The van der Waals surface area contributed by atoms with Gasteiger partial charge in [-0.25, -0.2) is 0 Å². The molecule has 0 spiro atoms. The van der Waals surface area contributed by atoms with Crippen LogP contribution in [-0.2, 0) is 0 Å². The first-order chi connectivity index (χ1) is 13.7. The Morgan fingerprint density at radius 3 is 1.14 bits per heavy atom. The molecule has 0 heterocycles. The molecule has 0 nitrogen and oxygen atoms in total. The van der Waals surface area contributed by atoms with Crippen LogP contribution in [0.2, 0.25) is 10.0 Å². The molecule has 130 valence electrons. The van der Waals surface area contributed by atoms with Crippen LogP contribution in [0.3, 0.4) is 0 Å². The fraction of sp³-hybridized carbons (Fsp3) is 0. The van der Waals surface area contributed by atoms with Gasteiger partial charge in [-0.3, -0.25) is 0 Å². The van der Waals surface area contributed by atoms with E-state index in [9.17, 15) is 0 Å². The molecule has 0 unspecified atom stereocenters. The van der Waals surface area contributed by atoms with E-state index in [1.54, 1.807) is 0 Å². The van der Waals surface area contributed by atoms with E-state index in [0.717, 1.165) is 10.0 Å². The average molecular weight is 395 g/mol. The molecule has 0 amide bonds. The van der Waals surface area contributed by atoms with Crippen LogP contribution >= 0.6 is 23.2 Å². The monoisotopic (exact) mass is 394 g/mol. The number of halogens is 2. The summed E-state index contributed by atoms with van der Waals surface area (Å²) >= 11 is 12.7. The first kappa shape index (κ1) is 15.2. The molecule has 0 saturated carbocycles. The molecule has 0 radical (unpaired) electrons. The van der Waals surface area contributed by atoms with Gasteiger partial charge < -0.3 is 0 Å². The van der Waals surface area contributed by atoms with Crippen molar-refractivity contribution < 1.29 is 0 Å². The number of hydrogen-bond acceptors (Lipinski definition) is 0. The van der Waals surface area contributed by atoms with Crippen molar-refractivity contribution in [1.82, 2.24) is 0 Å². The van der Waals surface area contributed by atoms with Crippen LogP contribution in [0.4, 0.5) is 0 Å². The summed E-state index contributed by atoms with van der Waals surface area (Å²) in [6.45, 7) is 0. The average Bonchev–Trinajstić information content (AvgIpc) is 3.21. The summed E-state index contributed by atoms with van der Waals surface area (Å²) in [5.41, 5.74) is 0. The summed E-state index contributed by atoms with van der Waals surface area (Å²) in [4.78, 5) is 0. The normalized spacial score (nSPS) is 12.6. The van der Waals surface area contributed by atoms with Crippen LogP contribution in [0.15, 0.2) is 72.8 Å². The molecule has 0 atom stereocenters. The number of rotatable bonds is 0. The van der Waals surface area contributed by atoms with Gasteiger partial charge in [0.05, 0.1) is 0 Å². The molecule has 0 N–H and O–H groups in total. The Bertz CT molecular complexity index is 1600. The van der Waals surface area contributed by atoms with E-state index >= 15 is 0 Å². The Hall–Kier alpha value is -2.80. The minimum atomic E-state index is 0.779. The van der Waals surface area contributed by atoms with Crippen molar-refractivity contribution in [2.45, 2.75) is 0 Å². The third-order valence-electron chi connectivity index (χ3n) is 6.25. The van der Waals surface area contributed by atoms with Crippen molar-refractivity contribution in [2.24, 2.45) is 0 Å². The quantitative estimate of drug-likeness (QED) is 0.225. The smallest absolute Gasteiger partial charge is 0.0412 e. The molecule has 0 fully saturated rings. The minimum absolute atomic E-state index is 0.779. The molecule has 2 heteroatoms. The van der Waals surface area contributed by atoms with Crippen molar-refractivity contribution in [3.63, 3.8) is 0 Å². The summed E-state index contributed by atoms with van der Waals surface area (Å²) in [5, 5.41) is 17.1. The van der Waals surface area contributed by atoms with Crippen LogP contribution in [0, 0.1) is 0 Å². The Kier molecular flexibility index (Phi) is 2.69. The lowest BCUT2D eigenvalue weighted by atomic mass is 9.95. The van der Waals surface area contributed by atoms with Crippen molar-refractivity contribution in [2.75, 3.05) is 0 Å². The summed E-state index contributed by atoms with van der Waals surface area (Å²) in [7, 11) is 0. The van der Waals surface area contributed by atoms with Gasteiger partial charge in [0.2, 0.25) is 0 Å². The fourth-order valence-corrected chi connectivity index (χ4v) is 5.60. The van der Waals surface area contributed by atoms with Crippen LogP contribution in [0.1, 0.15) is 0 Å². The maximum absolute atomic E-state index is 6.36. The molecule has 0 aliphatic heterocycles. The first-order valence-electron chi connectivity index (χ1n) is 9.34. The van der Waals surface area contributed by atoms with Gasteiger partial charge in [0.15, 0.2) is 0 Å². The van der Waals surface area contributed by atoms with Gasteiger partial charge >= 0.3 is 0 Å². The fourth-order valence-electron chi connectivity index (χ4n) is 5.25. The van der Waals surface area contributed by atoms with E-state index in [0.29, 0.717) is 0 Å². The van der Waals surface area contributed by atoms with E-state index in [1.807, 2.05) is 12.1 Å². The number of hydrogen-bond donors (Lipinski definition) is 0. The minimum Gasteiger partial charge on any atom is -0.0843 e. The third kappa shape index (κ3) is 1.65.